The first kappa shape index (κ1) is 17.1. The Labute approximate surface area is 144 Å². The number of hydrogen-bond donors (Lipinski definition) is 2. The fourth-order valence-corrected chi connectivity index (χ4v) is 4.08. The second-order valence-electron chi connectivity index (χ2n) is 7.15. The van der Waals surface area contributed by atoms with Crippen LogP contribution in [-0.4, -0.2) is 38.4 Å². The molecule has 0 radical (unpaired) electrons. The van der Waals surface area contributed by atoms with E-state index in [1.54, 1.807) is 0 Å². The van der Waals surface area contributed by atoms with Gasteiger partial charge in [0.05, 0.1) is 12.7 Å². The van der Waals surface area contributed by atoms with Crippen LogP contribution in [0.5, 0.6) is 5.75 Å². The van der Waals surface area contributed by atoms with E-state index in [1.807, 2.05) is 32.2 Å². The Morgan fingerprint density at radius 3 is 2.92 bits per heavy atom. The smallest absolute Gasteiger partial charge is 0.191 e. The van der Waals surface area contributed by atoms with Gasteiger partial charge in [-0.25, -0.2) is 0 Å². The Bertz CT molecular complexity index is 600. The fraction of sp³-hybridized carbons (Fsp3) is 0.632. The minimum Gasteiger partial charge on any atom is -0.494 e. The lowest BCUT2D eigenvalue weighted by Crippen LogP contribution is -2.67. The normalized spacial score (nSPS) is 28.0. The maximum atomic E-state index is 5.87. The monoisotopic (exact) mass is 331 g/mol. The van der Waals surface area contributed by atoms with Gasteiger partial charge in [0.25, 0.3) is 0 Å². The van der Waals surface area contributed by atoms with Crippen molar-refractivity contribution in [2.45, 2.75) is 45.9 Å². The highest BCUT2D eigenvalue weighted by Gasteiger charge is 2.59. The maximum absolute atomic E-state index is 5.87. The SMILES string of the molecule is CCOc1ccccc1CNC(=NC)NC1C2CCOC2C1(C)C. The number of nitrogens with zero attached hydrogens (tertiary/aromatic N) is 1. The van der Waals surface area contributed by atoms with E-state index in [2.05, 4.69) is 35.5 Å². The van der Waals surface area contributed by atoms with Crippen LogP contribution < -0.4 is 15.4 Å². The molecule has 1 saturated heterocycles. The van der Waals surface area contributed by atoms with E-state index in [0.717, 1.165) is 30.3 Å². The molecule has 132 valence electrons. The first-order chi connectivity index (χ1) is 11.6. The van der Waals surface area contributed by atoms with Crippen LogP contribution in [-0.2, 0) is 11.3 Å². The van der Waals surface area contributed by atoms with E-state index in [9.17, 15) is 0 Å². The zero-order chi connectivity index (χ0) is 17.2. The molecular formula is C19H29N3O2. The highest BCUT2D eigenvalue weighted by molar-refractivity contribution is 5.80. The lowest BCUT2D eigenvalue weighted by Gasteiger charge is -2.54. The number of ether oxygens (including phenoxy) is 2. The Balaban J connectivity index is 1.60. The molecule has 0 bridgehead atoms. The van der Waals surface area contributed by atoms with Gasteiger partial charge in [0, 0.05) is 43.1 Å². The number of fused-ring (bicyclic) bond motifs is 1. The molecule has 5 nitrogen and oxygen atoms in total. The quantitative estimate of drug-likeness (QED) is 0.643. The van der Waals surface area contributed by atoms with Crippen LogP contribution in [0.1, 0.15) is 32.8 Å². The molecule has 1 aromatic carbocycles. The van der Waals surface area contributed by atoms with Crippen LogP contribution in [0.3, 0.4) is 0 Å². The first-order valence-electron chi connectivity index (χ1n) is 8.87. The zero-order valence-electron chi connectivity index (χ0n) is 15.1. The summed E-state index contributed by atoms with van der Waals surface area (Å²) in [5, 5.41) is 7.02. The molecule has 5 heteroatoms. The van der Waals surface area contributed by atoms with Crippen molar-refractivity contribution >= 4 is 5.96 Å². The summed E-state index contributed by atoms with van der Waals surface area (Å²) in [5.41, 5.74) is 1.28. The van der Waals surface area contributed by atoms with Crippen molar-refractivity contribution in [3.05, 3.63) is 29.8 Å². The summed E-state index contributed by atoms with van der Waals surface area (Å²) in [4.78, 5) is 4.39. The maximum Gasteiger partial charge on any atom is 0.191 e. The lowest BCUT2D eigenvalue weighted by atomic mass is 9.57. The van der Waals surface area contributed by atoms with Crippen molar-refractivity contribution in [3.63, 3.8) is 0 Å². The number of hydrogen-bond acceptors (Lipinski definition) is 3. The molecule has 1 aromatic rings. The van der Waals surface area contributed by atoms with Gasteiger partial charge in [0.2, 0.25) is 0 Å². The molecule has 3 rings (SSSR count). The first-order valence-corrected chi connectivity index (χ1v) is 8.87. The van der Waals surface area contributed by atoms with E-state index in [0.29, 0.717) is 31.2 Å². The molecule has 1 aliphatic carbocycles. The topological polar surface area (TPSA) is 54.9 Å². The third-order valence-corrected chi connectivity index (χ3v) is 5.34. The average molecular weight is 331 g/mol. The van der Waals surface area contributed by atoms with Crippen molar-refractivity contribution in [2.24, 2.45) is 16.3 Å². The number of aliphatic imine (C=N–C) groups is 1. The highest BCUT2D eigenvalue weighted by Crippen LogP contribution is 2.52. The Morgan fingerprint density at radius 1 is 1.38 bits per heavy atom. The standard InChI is InChI=1S/C19H29N3O2/c1-5-23-15-9-7-6-8-13(15)12-21-18(20-4)22-16-14-10-11-24-17(14)19(16,2)3/h6-9,14,16-17H,5,10-12H2,1-4H3,(H2,20,21,22). The minimum atomic E-state index is 0.141. The van der Waals surface area contributed by atoms with Gasteiger partial charge in [-0.05, 0) is 19.4 Å². The van der Waals surface area contributed by atoms with Crippen LogP contribution in [0.25, 0.3) is 0 Å². The molecule has 2 fully saturated rings. The van der Waals surface area contributed by atoms with Crippen molar-refractivity contribution in [1.29, 1.82) is 0 Å². The summed E-state index contributed by atoms with van der Waals surface area (Å²) < 4.78 is 11.6. The van der Waals surface area contributed by atoms with Crippen LogP contribution >= 0.6 is 0 Å². The van der Waals surface area contributed by atoms with E-state index < -0.39 is 0 Å². The third kappa shape index (κ3) is 3.09. The van der Waals surface area contributed by atoms with Gasteiger partial charge in [0.15, 0.2) is 5.96 Å². The Hall–Kier alpha value is -1.75. The number of rotatable bonds is 5. The second-order valence-corrected chi connectivity index (χ2v) is 7.15. The van der Waals surface area contributed by atoms with E-state index >= 15 is 0 Å². The van der Waals surface area contributed by atoms with Gasteiger partial charge < -0.3 is 20.1 Å². The van der Waals surface area contributed by atoms with Gasteiger partial charge in [0.1, 0.15) is 5.75 Å². The predicted octanol–water partition coefficient (Wildman–Crippen LogP) is 2.56. The summed E-state index contributed by atoms with van der Waals surface area (Å²) in [6, 6.07) is 8.52. The van der Waals surface area contributed by atoms with Gasteiger partial charge in [-0.2, -0.15) is 0 Å². The molecule has 24 heavy (non-hydrogen) atoms. The lowest BCUT2D eigenvalue weighted by molar-refractivity contribution is -0.106. The van der Waals surface area contributed by atoms with Crippen molar-refractivity contribution in [3.8, 4) is 5.75 Å². The largest absolute Gasteiger partial charge is 0.494 e. The molecular weight excluding hydrogens is 302 g/mol. The Kier molecular flexibility index (Phi) is 4.99. The fourth-order valence-electron chi connectivity index (χ4n) is 4.08. The molecule has 0 aromatic heterocycles. The minimum absolute atomic E-state index is 0.141. The molecule has 2 aliphatic rings. The van der Waals surface area contributed by atoms with Gasteiger partial charge in [-0.3, -0.25) is 4.99 Å². The van der Waals surface area contributed by atoms with Gasteiger partial charge >= 0.3 is 0 Å². The average Bonchev–Trinajstić information content (AvgIpc) is 3.03. The van der Waals surface area contributed by atoms with Crippen LogP contribution in [0.4, 0.5) is 0 Å². The van der Waals surface area contributed by atoms with E-state index in [-0.39, 0.29) is 5.41 Å². The molecule has 3 atom stereocenters. The van der Waals surface area contributed by atoms with E-state index in [4.69, 9.17) is 9.47 Å². The zero-order valence-corrected chi connectivity index (χ0v) is 15.1. The van der Waals surface area contributed by atoms with Gasteiger partial charge in [-0.15, -0.1) is 0 Å². The highest BCUT2D eigenvalue weighted by atomic mass is 16.5. The van der Waals surface area contributed by atoms with Gasteiger partial charge in [-0.1, -0.05) is 32.0 Å². The summed E-state index contributed by atoms with van der Waals surface area (Å²) in [6.45, 7) is 8.79. The molecule has 0 amide bonds. The van der Waals surface area contributed by atoms with Crippen molar-refractivity contribution in [1.82, 2.24) is 10.6 Å². The van der Waals surface area contributed by atoms with Crippen molar-refractivity contribution in [2.75, 3.05) is 20.3 Å². The summed E-state index contributed by atoms with van der Waals surface area (Å²) in [6.07, 6.45) is 1.52. The third-order valence-electron chi connectivity index (χ3n) is 5.34. The molecule has 1 aliphatic heterocycles. The summed E-state index contributed by atoms with van der Waals surface area (Å²) in [7, 11) is 1.82. The molecule has 1 heterocycles. The molecule has 2 N–H and O–H groups in total. The van der Waals surface area contributed by atoms with Crippen LogP contribution in [0, 0.1) is 11.3 Å². The summed E-state index contributed by atoms with van der Waals surface area (Å²) >= 11 is 0. The number of guanidine groups is 1. The molecule has 1 saturated carbocycles. The van der Waals surface area contributed by atoms with Crippen molar-refractivity contribution < 1.29 is 9.47 Å². The number of para-hydroxylation sites is 1. The van der Waals surface area contributed by atoms with Crippen LogP contribution in [0.15, 0.2) is 29.3 Å². The summed E-state index contributed by atoms with van der Waals surface area (Å²) in [5.74, 6) is 2.36. The predicted molar refractivity (Wildman–Crippen MR) is 96.4 cm³/mol. The Morgan fingerprint density at radius 2 is 2.17 bits per heavy atom. The molecule has 3 unspecified atom stereocenters. The molecule has 0 spiro atoms. The van der Waals surface area contributed by atoms with Crippen LogP contribution in [0.2, 0.25) is 0 Å². The second kappa shape index (κ2) is 7.01. The van der Waals surface area contributed by atoms with E-state index in [1.165, 1.54) is 0 Å². The number of benzene rings is 1. The number of nitrogens with one attached hydrogen (secondary N) is 2.